The number of benzene rings is 1. The van der Waals surface area contributed by atoms with Crippen LogP contribution in [0.4, 0.5) is 15.8 Å². The first-order valence-corrected chi connectivity index (χ1v) is 9.65. The molecule has 1 aromatic carbocycles. The number of halogens is 1. The quantitative estimate of drug-likeness (QED) is 0.835. The van der Waals surface area contributed by atoms with E-state index < -0.39 is 0 Å². The van der Waals surface area contributed by atoms with Gasteiger partial charge in [-0.1, -0.05) is 0 Å². The first-order valence-electron chi connectivity index (χ1n) is 9.65. The number of aromatic nitrogens is 1. The molecule has 0 radical (unpaired) electrons. The number of amides is 1. The van der Waals surface area contributed by atoms with Crippen molar-refractivity contribution in [2.45, 2.75) is 12.8 Å². The van der Waals surface area contributed by atoms with Crippen LogP contribution >= 0.6 is 0 Å². The average molecular weight is 368 g/mol. The van der Waals surface area contributed by atoms with Crippen LogP contribution in [0, 0.1) is 11.7 Å². The number of anilines is 2. The Kier molecular flexibility index (Phi) is 5.23. The third-order valence-corrected chi connectivity index (χ3v) is 5.66. The summed E-state index contributed by atoms with van der Waals surface area (Å²) in [4.78, 5) is 23.5. The van der Waals surface area contributed by atoms with Gasteiger partial charge in [-0.25, -0.2) is 4.39 Å². The number of carbonyl (C=O) groups is 1. The molecule has 0 aliphatic carbocycles. The number of nitrogens with zero attached hydrogens (tertiary/aromatic N) is 4. The Balaban J connectivity index is 1.28. The summed E-state index contributed by atoms with van der Waals surface area (Å²) < 4.78 is 13.1. The molecule has 2 aliphatic heterocycles. The molecule has 0 saturated carbocycles. The molecular formula is C21H25FN4O. The minimum Gasteiger partial charge on any atom is -0.371 e. The highest BCUT2D eigenvalue weighted by molar-refractivity contribution is 5.79. The standard InChI is InChI=1S/C21H25FN4O/c22-18-1-3-19(4-2-18)25-13-15-26(16-14-25)21(27)17-7-11-24(12-8-17)20-5-9-23-10-6-20/h1-6,9-10,17H,7-8,11-16H2. The van der Waals surface area contributed by atoms with Crippen LogP contribution < -0.4 is 9.80 Å². The summed E-state index contributed by atoms with van der Waals surface area (Å²) in [7, 11) is 0. The van der Waals surface area contributed by atoms with Crippen molar-refractivity contribution in [3.63, 3.8) is 0 Å². The van der Waals surface area contributed by atoms with E-state index in [2.05, 4.69) is 14.8 Å². The number of hydrogen-bond acceptors (Lipinski definition) is 4. The van der Waals surface area contributed by atoms with Crippen molar-refractivity contribution in [3.05, 3.63) is 54.6 Å². The maximum absolute atomic E-state index is 13.1. The maximum Gasteiger partial charge on any atom is 0.225 e. The van der Waals surface area contributed by atoms with Crippen molar-refractivity contribution >= 4 is 17.3 Å². The lowest BCUT2D eigenvalue weighted by atomic mass is 9.94. The third-order valence-electron chi connectivity index (χ3n) is 5.66. The van der Waals surface area contributed by atoms with Crippen molar-refractivity contribution in [1.82, 2.24) is 9.88 Å². The molecule has 1 aromatic heterocycles. The fraction of sp³-hybridized carbons (Fsp3) is 0.429. The zero-order valence-corrected chi connectivity index (χ0v) is 15.4. The van der Waals surface area contributed by atoms with E-state index in [1.54, 1.807) is 0 Å². The van der Waals surface area contributed by atoms with Gasteiger partial charge in [0.25, 0.3) is 0 Å². The molecule has 1 amide bonds. The molecule has 2 aromatic rings. The van der Waals surface area contributed by atoms with E-state index in [9.17, 15) is 9.18 Å². The Labute approximate surface area is 159 Å². The van der Waals surface area contributed by atoms with Gasteiger partial charge >= 0.3 is 0 Å². The molecule has 0 unspecified atom stereocenters. The zero-order chi connectivity index (χ0) is 18.6. The summed E-state index contributed by atoms with van der Waals surface area (Å²) in [5.74, 6) is 0.203. The fourth-order valence-corrected chi connectivity index (χ4v) is 4.03. The Morgan fingerprint density at radius 2 is 1.37 bits per heavy atom. The van der Waals surface area contributed by atoms with Gasteiger partial charge in [0.1, 0.15) is 5.82 Å². The van der Waals surface area contributed by atoms with Gasteiger partial charge in [-0.2, -0.15) is 0 Å². The van der Waals surface area contributed by atoms with Gasteiger partial charge in [-0.3, -0.25) is 9.78 Å². The van der Waals surface area contributed by atoms with Gasteiger partial charge in [0.05, 0.1) is 0 Å². The first-order chi connectivity index (χ1) is 13.2. The zero-order valence-electron chi connectivity index (χ0n) is 15.4. The number of piperidine rings is 1. The second kappa shape index (κ2) is 7.94. The Hall–Kier alpha value is -2.63. The van der Waals surface area contributed by atoms with Gasteiger partial charge in [0.2, 0.25) is 5.91 Å². The average Bonchev–Trinajstić information content (AvgIpc) is 2.75. The van der Waals surface area contributed by atoms with Gasteiger partial charge in [-0.05, 0) is 49.2 Å². The minimum absolute atomic E-state index is 0.125. The predicted molar refractivity (Wildman–Crippen MR) is 104 cm³/mol. The number of pyridine rings is 1. The molecule has 2 aliphatic rings. The second-order valence-electron chi connectivity index (χ2n) is 7.26. The van der Waals surface area contributed by atoms with E-state index in [0.29, 0.717) is 5.91 Å². The number of rotatable bonds is 3. The van der Waals surface area contributed by atoms with Crippen LogP contribution in [0.15, 0.2) is 48.8 Å². The highest BCUT2D eigenvalue weighted by Crippen LogP contribution is 2.25. The Morgan fingerprint density at radius 3 is 2.00 bits per heavy atom. The van der Waals surface area contributed by atoms with Gasteiger partial charge in [-0.15, -0.1) is 0 Å². The van der Waals surface area contributed by atoms with Crippen LogP contribution in [0.1, 0.15) is 12.8 Å². The molecule has 3 heterocycles. The summed E-state index contributed by atoms with van der Waals surface area (Å²) in [5.41, 5.74) is 2.21. The molecule has 4 rings (SSSR count). The SMILES string of the molecule is O=C(C1CCN(c2ccncc2)CC1)N1CCN(c2ccc(F)cc2)CC1. The molecule has 6 heteroatoms. The summed E-state index contributed by atoms with van der Waals surface area (Å²) in [6, 6.07) is 10.6. The van der Waals surface area contributed by atoms with E-state index in [1.165, 1.54) is 17.8 Å². The summed E-state index contributed by atoms with van der Waals surface area (Å²) in [5, 5.41) is 0. The molecule has 5 nitrogen and oxygen atoms in total. The Morgan fingerprint density at radius 1 is 0.815 bits per heavy atom. The molecule has 0 spiro atoms. The Bertz CT molecular complexity index is 752. The number of piperazine rings is 1. The van der Waals surface area contributed by atoms with Crippen molar-refractivity contribution in [2.24, 2.45) is 5.92 Å². The molecule has 27 heavy (non-hydrogen) atoms. The highest BCUT2D eigenvalue weighted by Gasteiger charge is 2.30. The minimum atomic E-state index is -0.217. The topological polar surface area (TPSA) is 39.7 Å². The van der Waals surface area contributed by atoms with Crippen molar-refractivity contribution < 1.29 is 9.18 Å². The maximum atomic E-state index is 13.1. The molecule has 142 valence electrons. The molecule has 0 N–H and O–H groups in total. The van der Waals surface area contributed by atoms with E-state index in [0.717, 1.165) is 57.8 Å². The van der Waals surface area contributed by atoms with E-state index in [1.807, 2.05) is 41.6 Å². The van der Waals surface area contributed by atoms with Crippen LogP contribution in [-0.4, -0.2) is 55.1 Å². The largest absolute Gasteiger partial charge is 0.371 e. The summed E-state index contributed by atoms with van der Waals surface area (Å²) in [6.45, 7) is 4.90. The normalized spacial score (nSPS) is 18.6. The monoisotopic (exact) mass is 368 g/mol. The van der Waals surface area contributed by atoms with E-state index in [-0.39, 0.29) is 11.7 Å². The van der Waals surface area contributed by atoms with Crippen molar-refractivity contribution in [2.75, 3.05) is 49.1 Å². The van der Waals surface area contributed by atoms with Crippen LogP contribution in [0.25, 0.3) is 0 Å². The molecule has 0 bridgehead atoms. The first kappa shape index (κ1) is 17.8. The highest BCUT2D eigenvalue weighted by atomic mass is 19.1. The summed E-state index contributed by atoms with van der Waals surface area (Å²) in [6.07, 6.45) is 5.43. The predicted octanol–water partition coefficient (Wildman–Crippen LogP) is 2.79. The van der Waals surface area contributed by atoms with Crippen molar-refractivity contribution in [3.8, 4) is 0 Å². The molecule has 2 saturated heterocycles. The second-order valence-corrected chi connectivity index (χ2v) is 7.26. The van der Waals surface area contributed by atoms with Gasteiger partial charge in [0, 0.05) is 69.0 Å². The van der Waals surface area contributed by atoms with E-state index >= 15 is 0 Å². The van der Waals surface area contributed by atoms with Crippen LogP contribution in [0.3, 0.4) is 0 Å². The molecular weight excluding hydrogens is 343 g/mol. The van der Waals surface area contributed by atoms with Crippen molar-refractivity contribution in [1.29, 1.82) is 0 Å². The van der Waals surface area contributed by atoms with Crippen LogP contribution in [0.5, 0.6) is 0 Å². The van der Waals surface area contributed by atoms with Gasteiger partial charge < -0.3 is 14.7 Å². The summed E-state index contributed by atoms with van der Waals surface area (Å²) >= 11 is 0. The lowest BCUT2D eigenvalue weighted by Gasteiger charge is -2.39. The third kappa shape index (κ3) is 4.04. The van der Waals surface area contributed by atoms with Crippen LogP contribution in [-0.2, 0) is 4.79 Å². The number of carbonyl (C=O) groups excluding carboxylic acids is 1. The van der Waals surface area contributed by atoms with Gasteiger partial charge in [0.15, 0.2) is 0 Å². The molecule has 0 atom stereocenters. The fourth-order valence-electron chi connectivity index (χ4n) is 4.03. The smallest absolute Gasteiger partial charge is 0.225 e. The van der Waals surface area contributed by atoms with E-state index in [4.69, 9.17) is 0 Å². The lowest BCUT2D eigenvalue weighted by molar-refractivity contribution is -0.136. The number of hydrogen-bond donors (Lipinski definition) is 0. The molecule has 2 fully saturated rings. The van der Waals surface area contributed by atoms with Crippen LogP contribution in [0.2, 0.25) is 0 Å². The lowest BCUT2D eigenvalue weighted by Crippen LogP contribution is -2.51.